The number of aromatic nitrogens is 2. The first-order valence-electron chi connectivity index (χ1n) is 12.3. The molecule has 4 aromatic rings. The summed E-state index contributed by atoms with van der Waals surface area (Å²) >= 11 is 0. The lowest BCUT2D eigenvalue weighted by atomic mass is 10.2. The van der Waals surface area contributed by atoms with E-state index in [1.807, 2.05) is 54.6 Å². The Labute approximate surface area is 207 Å². The zero-order chi connectivity index (χ0) is 24.3. The normalized spacial score (nSPS) is 11.2. The van der Waals surface area contributed by atoms with Crippen molar-refractivity contribution in [3.05, 3.63) is 102 Å². The molecule has 0 saturated carbocycles. The second kappa shape index (κ2) is 12.6. The number of unbranched alkanes of at least 4 members (excludes halogenated alkanes) is 1. The molecule has 5 nitrogen and oxygen atoms in total. The van der Waals surface area contributed by atoms with Crippen LogP contribution >= 0.6 is 0 Å². The smallest absolute Gasteiger partial charge is 0.243 e. The number of benzene rings is 3. The molecular weight excluding hydrogens is 434 g/mol. The molecule has 35 heavy (non-hydrogen) atoms. The maximum Gasteiger partial charge on any atom is 0.243 e. The van der Waals surface area contributed by atoms with E-state index in [1.54, 1.807) is 6.08 Å². The number of carbonyl (C=O) groups excluding carboxylic acids is 1. The predicted octanol–water partition coefficient (Wildman–Crippen LogP) is 5.97. The summed E-state index contributed by atoms with van der Waals surface area (Å²) in [5, 5.41) is 2.98. The molecule has 0 aliphatic heterocycles. The van der Waals surface area contributed by atoms with E-state index >= 15 is 0 Å². The minimum Gasteiger partial charge on any atom is -0.494 e. The van der Waals surface area contributed by atoms with Gasteiger partial charge in [-0.15, -0.1) is 0 Å². The van der Waals surface area contributed by atoms with Crippen molar-refractivity contribution in [2.45, 2.75) is 39.2 Å². The summed E-state index contributed by atoms with van der Waals surface area (Å²) in [5.74, 6) is 1.92. The summed E-state index contributed by atoms with van der Waals surface area (Å²) in [6, 6.07) is 26.3. The standard InChI is InChI=1S/C30H33N3O2/c1-24-15-18-26(19-16-24)35-23-8-7-22-33-28-13-6-5-12-27(28)32-29(33)14-9-21-31-30(34)20-17-25-10-3-2-4-11-25/h2-6,10-13,15-20H,7-9,14,21-23H2,1H3,(H,31,34)/b20-17+. The SMILES string of the molecule is Cc1ccc(OCCCCn2c(CCCNC(=O)/C=C/c3ccccc3)nc3ccccc32)cc1. The van der Waals surface area contributed by atoms with E-state index in [2.05, 4.69) is 47.1 Å². The maximum absolute atomic E-state index is 12.1. The summed E-state index contributed by atoms with van der Waals surface area (Å²) in [7, 11) is 0. The van der Waals surface area contributed by atoms with E-state index in [-0.39, 0.29) is 5.91 Å². The molecule has 0 fully saturated rings. The minimum atomic E-state index is -0.0732. The Kier molecular flexibility index (Phi) is 8.71. The number of hydrogen-bond donors (Lipinski definition) is 1. The highest BCUT2D eigenvalue weighted by atomic mass is 16.5. The van der Waals surface area contributed by atoms with Gasteiger partial charge in [-0.2, -0.15) is 0 Å². The zero-order valence-corrected chi connectivity index (χ0v) is 20.3. The van der Waals surface area contributed by atoms with Crippen molar-refractivity contribution in [2.75, 3.05) is 13.2 Å². The highest BCUT2D eigenvalue weighted by Crippen LogP contribution is 2.18. The van der Waals surface area contributed by atoms with Crippen LogP contribution in [0.4, 0.5) is 0 Å². The van der Waals surface area contributed by atoms with Gasteiger partial charge in [-0.05, 0) is 62.1 Å². The third kappa shape index (κ3) is 7.31. The van der Waals surface area contributed by atoms with Crippen molar-refractivity contribution in [2.24, 2.45) is 0 Å². The van der Waals surface area contributed by atoms with Crippen molar-refractivity contribution >= 4 is 23.0 Å². The van der Waals surface area contributed by atoms with Crippen LogP contribution in [0, 0.1) is 6.92 Å². The van der Waals surface area contributed by atoms with Crippen LogP contribution in [0.5, 0.6) is 5.75 Å². The molecule has 1 aromatic heterocycles. The van der Waals surface area contributed by atoms with E-state index in [1.165, 1.54) is 5.56 Å². The van der Waals surface area contributed by atoms with Crippen LogP contribution in [0.15, 0.2) is 84.9 Å². The van der Waals surface area contributed by atoms with Gasteiger partial charge in [0.15, 0.2) is 0 Å². The lowest BCUT2D eigenvalue weighted by Gasteiger charge is -2.10. The number of aryl methyl sites for hydroxylation is 3. The molecule has 0 radical (unpaired) electrons. The molecule has 0 aliphatic carbocycles. The first kappa shape index (κ1) is 24.3. The lowest BCUT2D eigenvalue weighted by Crippen LogP contribution is -2.22. The molecule has 0 saturated heterocycles. The molecule has 0 aliphatic rings. The van der Waals surface area contributed by atoms with Crippen LogP contribution in [0.3, 0.4) is 0 Å². The number of para-hydroxylation sites is 2. The molecule has 1 N–H and O–H groups in total. The Balaban J connectivity index is 1.25. The van der Waals surface area contributed by atoms with Crippen molar-refractivity contribution < 1.29 is 9.53 Å². The number of amides is 1. The predicted molar refractivity (Wildman–Crippen MR) is 142 cm³/mol. The molecule has 1 heterocycles. The highest BCUT2D eigenvalue weighted by Gasteiger charge is 2.10. The van der Waals surface area contributed by atoms with Gasteiger partial charge in [0.2, 0.25) is 5.91 Å². The second-order valence-corrected chi connectivity index (χ2v) is 8.68. The summed E-state index contributed by atoms with van der Waals surface area (Å²) in [4.78, 5) is 17.0. The summed E-state index contributed by atoms with van der Waals surface area (Å²) in [5.41, 5.74) is 4.44. The van der Waals surface area contributed by atoms with Gasteiger partial charge in [0, 0.05) is 25.6 Å². The molecule has 0 unspecified atom stereocenters. The van der Waals surface area contributed by atoms with E-state index < -0.39 is 0 Å². The first-order chi connectivity index (χ1) is 17.2. The Morgan fingerprint density at radius 3 is 2.54 bits per heavy atom. The number of rotatable bonds is 12. The van der Waals surface area contributed by atoms with Gasteiger partial charge in [-0.25, -0.2) is 4.98 Å². The number of nitrogens with zero attached hydrogens (tertiary/aromatic N) is 2. The van der Waals surface area contributed by atoms with Crippen molar-refractivity contribution in [1.29, 1.82) is 0 Å². The fraction of sp³-hybridized carbons (Fsp3) is 0.267. The van der Waals surface area contributed by atoms with Gasteiger partial charge in [0.25, 0.3) is 0 Å². The second-order valence-electron chi connectivity index (χ2n) is 8.68. The largest absolute Gasteiger partial charge is 0.494 e. The van der Waals surface area contributed by atoms with Crippen molar-refractivity contribution in [3.63, 3.8) is 0 Å². The highest BCUT2D eigenvalue weighted by molar-refractivity contribution is 5.91. The molecule has 0 bridgehead atoms. The average molecular weight is 468 g/mol. The minimum absolute atomic E-state index is 0.0732. The third-order valence-electron chi connectivity index (χ3n) is 5.90. The van der Waals surface area contributed by atoms with Crippen LogP contribution in [-0.2, 0) is 17.8 Å². The molecule has 3 aromatic carbocycles. The van der Waals surface area contributed by atoms with Gasteiger partial charge >= 0.3 is 0 Å². The van der Waals surface area contributed by atoms with Gasteiger partial charge in [0.1, 0.15) is 11.6 Å². The molecular formula is C30H33N3O2. The topological polar surface area (TPSA) is 56.1 Å². The lowest BCUT2D eigenvalue weighted by molar-refractivity contribution is -0.116. The summed E-state index contributed by atoms with van der Waals surface area (Å²) in [6.45, 7) is 4.30. The number of ether oxygens (including phenoxy) is 1. The Hall–Kier alpha value is -3.86. The van der Waals surface area contributed by atoms with E-state index in [4.69, 9.17) is 9.72 Å². The number of fused-ring (bicyclic) bond motifs is 1. The molecule has 1 amide bonds. The molecule has 0 atom stereocenters. The number of carbonyl (C=O) groups is 1. The van der Waals surface area contributed by atoms with E-state index in [0.717, 1.165) is 60.4 Å². The van der Waals surface area contributed by atoms with Crippen LogP contribution in [-0.4, -0.2) is 28.6 Å². The molecule has 0 spiro atoms. The fourth-order valence-corrected chi connectivity index (χ4v) is 4.02. The van der Waals surface area contributed by atoms with Crippen LogP contribution < -0.4 is 10.1 Å². The molecule has 5 heteroatoms. The van der Waals surface area contributed by atoms with Crippen molar-refractivity contribution in [3.8, 4) is 5.75 Å². The zero-order valence-electron chi connectivity index (χ0n) is 20.3. The van der Waals surface area contributed by atoms with Gasteiger partial charge in [-0.3, -0.25) is 4.79 Å². The van der Waals surface area contributed by atoms with Crippen LogP contribution in [0.1, 0.15) is 36.2 Å². The van der Waals surface area contributed by atoms with Gasteiger partial charge in [0.05, 0.1) is 17.6 Å². The monoisotopic (exact) mass is 467 g/mol. The summed E-state index contributed by atoms with van der Waals surface area (Å²) < 4.78 is 8.20. The first-order valence-corrected chi connectivity index (χ1v) is 12.3. The third-order valence-corrected chi connectivity index (χ3v) is 5.90. The molecule has 180 valence electrons. The van der Waals surface area contributed by atoms with E-state index in [9.17, 15) is 4.79 Å². The maximum atomic E-state index is 12.1. The summed E-state index contributed by atoms with van der Waals surface area (Å²) in [6.07, 6.45) is 7.06. The fourth-order valence-electron chi connectivity index (χ4n) is 4.02. The average Bonchev–Trinajstić information content (AvgIpc) is 3.24. The van der Waals surface area contributed by atoms with Crippen LogP contribution in [0.25, 0.3) is 17.1 Å². The van der Waals surface area contributed by atoms with Gasteiger partial charge in [-0.1, -0.05) is 60.2 Å². The number of imidazole rings is 1. The number of hydrogen-bond acceptors (Lipinski definition) is 3. The number of nitrogens with one attached hydrogen (secondary N) is 1. The quantitative estimate of drug-likeness (QED) is 0.206. The molecule has 4 rings (SSSR count). The van der Waals surface area contributed by atoms with Crippen molar-refractivity contribution in [1.82, 2.24) is 14.9 Å². The van der Waals surface area contributed by atoms with Crippen LogP contribution in [0.2, 0.25) is 0 Å². The van der Waals surface area contributed by atoms with Gasteiger partial charge < -0.3 is 14.6 Å². The Morgan fingerprint density at radius 1 is 0.943 bits per heavy atom. The van der Waals surface area contributed by atoms with E-state index in [0.29, 0.717) is 13.2 Å². The Bertz CT molecular complexity index is 1240. The Morgan fingerprint density at radius 2 is 1.71 bits per heavy atom.